The van der Waals surface area contributed by atoms with E-state index in [1.54, 1.807) is 11.3 Å². The van der Waals surface area contributed by atoms with Gasteiger partial charge in [0.25, 0.3) is 5.91 Å². The Morgan fingerprint density at radius 1 is 1.47 bits per heavy atom. The number of hydrogen-bond donors (Lipinski definition) is 1. The highest BCUT2D eigenvalue weighted by Gasteiger charge is 2.24. The first kappa shape index (κ1) is 14.7. The first-order chi connectivity index (χ1) is 8.04. The van der Waals surface area contributed by atoms with E-state index < -0.39 is 0 Å². The third-order valence-electron chi connectivity index (χ3n) is 3.08. The second kappa shape index (κ2) is 6.55. The SMILES string of the molecule is CCc1ccc(C(=O)NC(C)(CC)CCBr)s1. The fourth-order valence-corrected chi connectivity index (χ4v) is 3.28. The molecule has 1 heterocycles. The van der Waals surface area contributed by atoms with E-state index in [1.165, 1.54) is 4.88 Å². The molecule has 0 spiro atoms. The monoisotopic (exact) mass is 317 g/mol. The van der Waals surface area contributed by atoms with Crippen LogP contribution in [0.2, 0.25) is 0 Å². The minimum atomic E-state index is -0.114. The van der Waals surface area contributed by atoms with Crippen molar-refractivity contribution in [1.29, 1.82) is 0 Å². The van der Waals surface area contributed by atoms with Crippen LogP contribution in [0.3, 0.4) is 0 Å². The van der Waals surface area contributed by atoms with Crippen molar-refractivity contribution in [2.75, 3.05) is 5.33 Å². The first-order valence-electron chi connectivity index (χ1n) is 6.02. The van der Waals surface area contributed by atoms with Gasteiger partial charge in [0.15, 0.2) is 0 Å². The quantitative estimate of drug-likeness (QED) is 0.789. The van der Waals surface area contributed by atoms with Crippen LogP contribution in [-0.4, -0.2) is 16.8 Å². The zero-order valence-corrected chi connectivity index (χ0v) is 13.1. The molecule has 0 bridgehead atoms. The maximum absolute atomic E-state index is 12.1. The topological polar surface area (TPSA) is 29.1 Å². The molecule has 0 aromatic carbocycles. The van der Waals surface area contributed by atoms with E-state index in [0.717, 1.165) is 29.5 Å². The molecule has 1 unspecified atom stereocenters. The molecule has 96 valence electrons. The number of rotatable bonds is 6. The van der Waals surface area contributed by atoms with Crippen molar-refractivity contribution in [3.05, 3.63) is 21.9 Å². The van der Waals surface area contributed by atoms with Gasteiger partial charge in [-0.05, 0) is 38.3 Å². The molecular weight excluding hydrogens is 298 g/mol. The molecule has 2 nitrogen and oxygen atoms in total. The Hall–Kier alpha value is -0.350. The lowest BCUT2D eigenvalue weighted by molar-refractivity contribution is 0.0906. The van der Waals surface area contributed by atoms with Gasteiger partial charge in [0, 0.05) is 15.7 Å². The maximum atomic E-state index is 12.1. The highest BCUT2D eigenvalue weighted by molar-refractivity contribution is 9.09. The molecule has 0 fully saturated rings. The molecule has 0 aliphatic carbocycles. The van der Waals surface area contributed by atoms with Gasteiger partial charge < -0.3 is 5.32 Å². The Labute approximate surface area is 116 Å². The summed E-state index contributed by atoms with van der Waals surface area (Å²) in [6.45, 7) is 6.31. The molecule has 17 heavy (non-hydrogen) atoms. The number of hydrogen-bond acceptors (Lipinski definition) is 2. The summed E-state index contributed by atoms with van der Waals surface area (Å²) in [7, 11) is 0. The summed E-state index contributed by atoms with van der Waals surface area (Å²) in [4.78, 5) is 14.2. The van der Waals surface area contributed by atoms with Crippen molar-refractivity contribution in [3.63, 3.8) is 0 Å². The number of carbonyl (C=O) groups excluding carboxylic acids is 1. The summed E-state index contributed by atoms with van der Waals surface area (Å²) in [5.41, 5.74) is -0.114. The Morgan fingerprint density at radius 2 is 2.18 bits per heavy atom. The Balaban J connectivity index is 2.70. The zero-order valence-electron chi connectivity index (χ0n) is 10.7. The zero-order chi connectivity index (χ0) is 12.9. The summed E-state index contributed by atoms with van der Waals surface area (Å²) in [5.74, 6) is 0.0556. The summed E-state index contributed by atoms with van der Waals surface area (Å²) in [6.07, 6.45) is 2.88. The van der Waals surface area contributed by atoms with Crippen LogP contribution < -0.4 is 5.32 Å². The van der Waals surface area contributed by atoms with Crippen LogP contribution in [0.1, 0.15) is 48.2 Å². The average molecular weight is 318 g/mol. The van der Waals surface area contributed by atoms with E-state index in [-0.39, 0.29) is 11.4 Å². The van der Waals surface area contributed by atoms with Gasteiger partial charge in [0.1, 0.15) is 0 Å². The van der Waals surface area contributed by atoms with E-state index in [2.05, 4.69) is 42.0 Å². The number of amides is 1. The van der Waals surface area contributed by atoms with Crippen molar-refractivity contribution in [3.8, 4) is 0 Å². The molecular formula is C13H20BrNOS. The minimum absolute atomic E-state index is 0.0556. The van der Waals surface area contributed by atoms with E-state index in [9.17, 15) is 4.79 Å². The Kier molecular flexibility index (Phi) is 5.67. The number of alkyl halides is 1. The molecule has 4 heteroatoms. The molecule has 1 N–H and O–H groups in total. The van der Waals surface area contributed by atoms with Gasteiger partial charge in [-0.1, -0.05) is 29.8 Å². The maximum Gasteiger partial charge on any atom is 0.261 e. The molecule has 1 aromatic rings. The fourth-order valence-electron chi connectivity index (χ4n) is 1.56. The normalized spacial score (nSPS) is 14.4. The summed E-state index contributed by atoms with van der Waals surface area (Å²) >= 11 is 5.03. The second-order valence-electron chi connectivity index (χ2n) is 4.43. The third kappa shape index (κ3) is 4.11. The van der Waals surface area contributed by atoms with Crippen LogP contribution >= 0.6 is 27.3 Å². The predicted octanol–water partition coefficient (Wildman–Crippen LogP) is 3.99. The van der Waals surface area contributed by atoms with Gasteiger partial charge in [0.2, 0.25) is 0 Å². The lowest BCUT2D eigenvalue weighted by Crippen LogP contribution is -2.45. The smallest absolute Gasteiger partial charge is 0.261 e. The minimum Gasteiger partial charge on any atom is -0.346 e. The number of thiophene rings is 1. The van der Waals surface area contributed by atoms with E-state index in [1.807, 2.05) is 12.1 Å². The lowest BCUT2D eigenvalue weighted by atomic mass is 9.95. The van der Waals surface area contributed by atoms with Crippen molar-refractivity contribution >= 4 is 33.2 Å². The molecule has 0 radical (unpaired) electrons. The Bertz CT molecular complexity index is 377. The van der Waals surface area contributed by atoms with Gasteiger partial charge in [-0.15, -0.1) is 11.3 Å². The average Bonchev–Trinajstić information content (AvgIpc) is 2.78. The Morgan fingerprint density at radius 3 is 2.65 bits per heavy atom. The molecule has 1 atom stereocenters. The highest BCUT2D eigenvalue weighted by Crippen LogP contribution is 2.20. The molecule has 1 rings (SSSR count). The van der Waals surface area contributed by atoms with Crippen LogP contribution in [0.5, 0.6) is 0 Å². The van der Waals surface area contributed by atoms with E-state index in [4.69, 9.17) is 0 Å². The highest BCUT2D eigenvalue weighted by atomic mass is 79.9. The van der Waals surface area contributed by atoms with Gasteiger partial charge >= 0.3 is 0 Å². The fraction of sp³-hybridized carbons (Fsp3) is 0.615. The largest absolute Gasteiger partial charge is 0.346 e. The van der Waals surface area contributed by atoms with Crippen molar-refractivity contribution < 1.29 is 4.79 Å². The molecule has 0 aliphatic heterocycles. The van der Waals surface area contributed by atoms with Gasteiger partial charge in [-0.2, -0.15) is 0 Å². The summed E-state index contributed by atoms with van der Waals surface area (Å²) < 4.78 is 0. The van der Waals surface area contributed by atoms with E-state index in [0.29, 0.717) is 0 Å². The van der Waals surface area contributed by atoms with Crippen molar-refractivity contribution in [2.24, 2.45) is 0 Å². The number of aryl methyl sites for hydroxylation is 1. The van der Waals surface area contributed by atoms with Crippen LogP contribution in [0.4, 0.5) is 0 Å². The predicted molar refractivity (Wildman–Crippen MR) is 78.3 cm³/mol. The van der Waals surface area contributed by atoms with Crippen LogP contribution in [0, 0.1) is 0 Å². The van der Waals surface area contributed by atoms with Gasteiger partial charge in [0.05, 0.1) is 4.88 Å². The first-order valence-corrected chi connectivity index (χ1v) is 7.95. The second-order valence-corrected chi connectivity index (χ2v) is 6.39. The molecule has 1 aromatic heterocycles. The molecule has 0 saturated carbocycles. The number of nitrogens with one attached hydrogen (secondary N) is 1. The number of halogens is 1. The van der Waals surface area contributed by atoms with Crippen LogP contribution in [0.15, 0.2) is 12.1 Å². The van der Waals surface area contributed by atoms with Crippen LogP contribution in [-0.2, 0) is 6.42 Å². The van der Waals surface area contributed by atoms with Crippen molar-refractivity contribution in [2.45, 2.75) is 45.6 Å². The van der Waals surface area contributed by atoms with E-state index >= 15 is 0 Å². The number of carbonyl (C=O) groups is 1. The lowest BCUT2D eigenvalue weighted by Gasteiger charge is -2.28. The van der Waals surface area contributed by atoms with Gasteiger partial charge in [-0.3, -0.25) is 4.79 Å². The third-order valence-corrected chi connectivity index (χ3v) is 4.70. The van der Waals surface area contributed by atoms with Gasteiger partial charge in [-0.25, -0.2) is 0 Å². The van der Waals surface area contributed by atoms with Crippen LogP contribution in [0.25, 0.3) is 0 Å². The standard InChI is InChI=1S/C13H20BrNOS/c1-4-10-6-7-11(17-10)12(16)15-13(3,5-2)8-9-14/h6-7H,4-5,8-9H2,1-3H3,(H,15,16). The molecule has 0 saturated heterocycles. The molecule has 1 amide bonds. The molecule has 0 aliphatic rings. The summed E-state index contributed by atoms with van der Waals surface area (Å²) in [6, 6.07) is 3.95. The summed E-state index contributed by atoms with van der Waals surface area (Å²) in [5, 5.41) is 4.04. The van der Waals surface area contributed by atoms with Crippen molar-refractivity contribution in [1.82, 2.24) is 5.32 Å².